The highest BCUT2D eigenvalue weighted by atomic mass is 35.5. The first-order valence-electron chi connectivity index (χ1n) is 8.46. The van der Waals surface area contributed by atoms with Crippen LogP contribution < -0.4 is 0 Å². The molecular formula is C21H12Cl2FNO3S. The predicted octanol–water partition coefficient (Wildman–Crippen LogP) is 6.63. The van der Waals surface area contributed by atoms with Gasteiger partial charge in [-0.15, -0.1) is 0 Å². The first-order valence-corrected chi connectivity index (χ1v) is 10.0. The zero-order valence-corrected chi connectivity index (χ0v) is 17.0. The molecule has 1 aromatic heterocycles. The lowest BCUT2D eigenvalue weighted by Gasteiger charge is -2.12. The molecule has 0 N–H and O–H groups in total. The molecule has 0 spiro atoms. The fourth-order valence-electron chi connectivity index (χ4n) is 2.80. The number of nitrogens with zero attached hydrogens (tertiary/aromatic N) is 1. The fraction of sp³-hybridized carbons (Fsp3) is 0.0476. The number of hydrogen-bond acceptors (Lipinski definition) is 4. The van der Waals surface area contributed by atoms with E-state index in [1.807, 2.05) is 0 Å². The van der Waals surface area contributed by atoms with E-state index >= 15 is 0 Å². The van der Waals surface area contributed by atoms with Crippen molar-refractivity contribution >= 4 is 52.2 Å². The number of halogens is 3. The van der Waals surface area contributed by atoms with Crippen LogP contribution in [0.1, 0.15) is 11.3 Å². The van der Waals surface area contributed by atoms with Gasteiger partial charge in [0.2, 0.25) is 0 Å². The van der Waals surface area contributed by atoms with Gasteiger partial charge in [0.05, 0.1) is 16.5 Å². The second-order valence-electron chi connectivity index (χ2n) is 6.22. The van der Waals surface area contributed by atoms with Gasteiger partial charge in [0.1, 0.15) is 17.3 Å². The Labute approximate surface area is 179 Å². The molecule has 1 saturated heterocycles. The second kappa shape index (κ2) is 8.06. The van der Waals surface area contributed by atoms with E-state index in [2.05, 4.69) is 0 Å². The van der Waals surface area contributed by atoms with Crippen LogP contribution in [0.15, 0.2) is 63.9 Å². The van der Waals surface area contributed by atoms with Crippen LogP contribution in [-0.4, -0.2) is 16.0 Å². The Hall–Kier alpha value is -2.54. The highest BCUT2D eigenvalue weighted by Crippen LogP contribution is 2.36. The monoisotopic (exact) mass is 447 g/mol. The van der Waals surface area contributed by atoms with Crippen molar-refractivity contribution < 1.29 is 18.4 Å². The third-order valence-corrected chi connectivity index (χ3v) is 5.69. The topological polar surface area (TPSA) is 50.5 Å². The lowest BCUT2D eigenvalue weighted by atomic mass is 10.2. The van der Waals surface area contributed by atoms with Gasteiger partial charge in [0, 0.05) is 16.7 Å². The van der Waals surface area contributed by atoms with Crippen LogP contribution >= 0.6 is 35.0 Å². The molecule has 1 aliphatic rings. The molecule has 0 aliphatic carbocycles. The molecule has 2 amide bonds. The van der Waals surface area contributed by atoms with Gasteiger partial charge in [-0.2, -0.15) is 0 Å². The highest BCUT2D eigenvalue weighted by molar-refractivity contribution is 8.18. The highest BCUT2D eigenvalue weighted by Gasteiger charge is 2.35. The van der Waals surface area contributed by atoms with E-state index in [9.17, 15) is 14.0 Å². The summed E-state index contributed by atoms with van der Waals surface area (Å²) in [5, 5.41) is 0.606. The number of carbonyl (C=O) groups is 2. The number of furan rings is 1. The molecule has 0 atom stereocenters. The molecule has 146 valence electrons. The predicted molar refractivity (Wildman–Crippen MR) is 112 cm³/mol. The maximum atomic E-state index is 13.0. The number of benzene rings is 2. The third kappa shape index (κ3) is 4.24. The molecule has 3 aromatic rings. The molecule has 8 heteroatoms. The summed E-state index contributed by atoms with van der Waals surface area (Å²) >= 11 is 13.0. The van der Waals surface area contributed by atoms with Crippen molar-refractivity contribution in [3.63, 3.8) is 0 Å². The van der Waals surface area contributed by atoms with Crippen LogP contribution in [0.4, 0.5) is 9.18 Å². The van der Waals surface area contributed by atoms with Crippen molar-refractivity contribution in [1.82, 2.24) is 4.90 Å². The molecule has 4 nitrogen and oxygen atoms in total. The zero-order valence-electron chi connectivity index (χ0n) is 14.7. The summed E-state index contributed by atoms with van der Waals surface area (Å²) in [6.07, 6.45) is 1.51. The van der Waals surface area contributed by atoms with Crippen LogP contribution in [0.25, 0.3) is 17.4 Å². The molecule has 29 heavy (non-hydrogen) atoms. The minimum atomic E-state index is -0.428. The Balaban J connectivity index is 1.55. The Bertz CT molecular complexity index is 1140. The molecule has 1 fully saturated rings. The van der Waals surface area contributed by atoms with Crippen molar-refractivity contribution in [1.29, 1.82) is 0 Å². The van der Waals surface area contributed by atoms with Crippen molar-refractivity contribution in [2.24, 2.45) is 0 Å². The van der Waals surface area contributed by atoms with Gasteiger partial charge in [-0.05, 0) is 59.8 Å². The molecule has 4 rings (SSSR count). The Morgan fingerprint density at radius 1 is 1.03 bits per heavy atom. The summed E-state index contributed by atoms with van der Waals surface area (Å²) in [6.45, 7) is 0.0732. The summed E-state index contributed by atoms with van der Waals surface area (Å²) < 4.78 is 18.8. The molecule has 0 unspecified atom stereocenters. The van der Waals surface area contributed by atoms with Gasteiger partial charge < -0.3 is 4.42 Å². The average Bonchev–Trinajstić information content (AvgIpc) is 3.26. The Morgan fingerprint density at radius 3 is 2.55 bits per heavy atom. The van der Waals surface area contributed by atoms with E-state index in [0.717, 1.165) is 16.7 Å². The van der Waals surface area contributed by atoms with E-state index in [-0.39, 0.29) is 17.3 Å². The smallest absolute Gasteiger partial charge is 0.293 e. The maximum Gasteiger partial charge on any atom is 0.293 e. The number of hydrogen-bond donors (Lipinski definition) is 0. The quantitative estimate of drug-likeness (QED) is 0.421. The van der Waals surface area contributed by atoms with Crippen LogP contribution in [0.2, 0.25) is 10.0 Å². The maximum absolute atomic E-state index is 13.0. The van der Waals surface area contributed by atoms with Crippen molar-refractivity contribution in [2.45, 2.75) is 6.54 Å². The molecular weight excluding hydrogens is 436 g/mol. The van der Waals surface area contributed by atoms with E-state index in [1.165, 1.54) is 30.3 Å². The first-order chi connectivity index (χ1) is 13.9. The first kappa shape index (κ1) is 19.8. The van der Waals surface area contributed by atoms with Crippen molar-refractivity contribution in [3.05, 3.63) is 86.7 Å². The van der Waals surface area contributed by atoms with Crippen LogP contribution in [-0.2, 0) is 11.3 Å². The lowest BCUT2D eigenvalue weighted by molar-refractivity contribution is -0.123. The lowest BCUT2D eigenvalue weighted by Crippen LogP contribution is -2.27. The van der Waals surface area contributed by atoms with Gasteiger partial charge >= 0.3 is 0 Å². The summed E-state index contributed by atoms with van der Waals surface area (Å²) in [5.41, 5.74) is 1.29. The van der Waals surface area contributed by atoms with Crippen molar-refractivity contribution in [2.75, 3.05) is 0 Å². The Kier molecular flexibility index (Phi) is 5.50. The van der Waals surface area contributed by atoms with Crippen LogP contribution in [0.5, 0.6) is 0 Å². The third-order valence-electron chi connectivity index (χ3n) is 4.22. The largest absolute Gasteiger partial charge is 0.457 e. The van der Waals surface area contributed by atoms with Crippen LogP contribution in [0, 0.1) is 5.82 Å². The molecule has 0 saturated carbocycles. The number of carbonyl (C=O) groups excluding carboxylic acids is 2. The second-order valence-corrected chi connectivity index (χ2v) is 8.06. The minimum Gasteiger partial charge on any atom is -0.457 e. The number of imide groups is 1. The molecule has 0 radical (unpaired) electrons. The van der Waals surface area contributed by atoms with Gasteiger partial charge in [0.15, 0.2) is 0 Å². The molecule has 1 aliphatic heterocycles. The Morgan fingerprint density at radius 2 is 1.79 bits per heavy atom. The summed E-state index contributed by atoms with van der Waals surface area (Å²) in [6, 6.07) is 14.1. The summed E-state index contributed by atoms with van der Waals surface area (Å²) in [7, 11) is 0. The molecule has 0 bridgehead atoms. The molecule has 2 aromatic carbocycles. The van der Waals surface area contributed by atoms with E-state index in [1.54, 1.807) is 30.3 Å². The summed E-state index contributed by atoms with van der Waals surface area (Å²) in [5.74, 6) is 0.0943. The summed E-state index contributed by atoms with van der Waals surface area (Å²) in [4.78, 5) is 26.2. The standard InChI is InChI=1S/C21H12Cl2FNO3S/c22-13-3-7-17(23)16(9-13)18-8-6-15(28-18)10-19-20(26)25(21(27)29-19)11-12-1-4-14(24)5-2-12/h1-10H,11H2. The average molecular weight is 448 g/mol. The van der Waals surface area contributed by atoms with Gasteiger partial charge in [-0.1, -0.05) is 35.3 Å². The molecule has 2 heterocycles. The van der Waals surface area contributed by atoms with E-state index in [4.69, 9.17) is 27.6 Å². The van der Waals surface area contributed by atoms with E-state index in [0.29, 0.717) is 32.7 Å². The number of amides is 2. The normalized spacial score (nSPS) is 15.6. The van der Waals surface area contributed by atoms with Gasteiger partial charge in [0.25, 0.3) is 11.1 Å². The number of thioether (sulfide) groups is 1. The SMILES string of the molecule is O=C1SC(=Cc2ccc(-c3cc(Cl)ccc3Cl)o2)C(=O)N1Cc1ccc(F)cc1. The van der Waals surface area contributed by atoms with Gasteiger partial charge in [-0.3, -0.25) is 14.5 Å². The van der Waals surface area contributed by atoms with E-state index < -0.39 is 11.1 Å². The minimum absolute atomic E-state index is 0.0732. The number of rotatable bonds is 4. The van der Waals surface area contributed by atoms with Crippen LogP contribution in [0.3, 0.4) is 0 Å². The zero-order chi connectivity index (χ0) is 20.5. The van der Waals surface area contributed by atoms with Crippen molar-refractivity contribution in [3.8, 4) is 11.3 Å². The van der Waals surface area contributed by atoms with Gasteiger partial charge in [-0.25, -0.2) is 4.39 Å². The fourth-order valence-corrected chi connectivity index (χ4v) is 4.00.